The lowest BCUT2D eigenvalue weighted by molar-refractivity contribution is -0.117. The number of furan rings is 1. The number of ketones is 1. The molecule has 1 aromatic heterocycles. The molecule has 2 heterocycles. The van der Waals surface area contributed by atoms with Crippen LogP contribution in [0.4, 0.5) is 5.69 Å². The highest BCUT2D eigenvalue weighted by Gasteiger charge is 2.38. The Morgan fingerprint density at radius 1 is 1.06 bits per heavy atom. The Bertz CT molecular complexity index is 1370. The van der Waals surface area contributed by atoms with E-state index in [9.17, 15) is 18.0 Å². The lowest BCUT2D eigenvalue weighted by atomic mass is 9.83. The maximum Gasteiger partial charge on any atom is 0.338 e. The zero-order valence-corrected chi connectivity index (χ0v) is 20.5. The Morgan fingerprint density at radius 2 is 1.77 bits per heavy atom. The molecule has 182 valence electrons. The van der Waals surface area contributed by atoms with Crippen LogP contribution in [0.5, 0.6) is 0 Å². The Labute approximate surface area is 204 Å². The number of nitrogens with zero attached hydrogens (tertiary/aromatic N) is 1. The summed E-state index contributed by atoms with van der Waals surface area (Å²) in [4.78, 5) is 27.0. The standard InChI is InChI=1S/C26H26N2O6S/c1-26(2)22-8-4-5-9-23(22)28(3)24(26)15-19(29)17-34-25(30)18-10-12-21(13-11-18)35(31,32)27-16-20-7-6-14-33-20/h4-15,27H,16-17H2,1-3H3/b24-15+. The van der Waals surface area contributed by atoms with Crippen LogP contribution in [0.2, 0.25) is 0 Å². The number of carbonyl (C=O) groups is 2. The van der Waals surface area contributed by atoms with E-state index in [1.165, 1.54) is 36.6 Å². The SMILES string of the molecule is CN1/C(=C/C(=O)COC(=O)c2ccc(S(=O)(=O)NCc3ccco3)cc2)C(C)(C)c2ccccc21. The van der Waals surface area contributed by atoms with Crippen LogP contribution >= 0.6 is 0 Å². The molecule has 2 aromatic carbocycles. The molecule has 35 heavy (non-hydrogen) atoms. The second-order valence-electron chi connectivity index (χ2n) is 8.70. The number of hydrogen-bond acceptors (Lipinski definition) is 7. The third kappa shape index (κ3) is 5.06. The molecule has 0 radical (unpaired) electrons. The average Bonchev–Trinajstić information content (AvgIpc) is 3.43. The second kappa shape index (κ2) is 9.52. The number of ether oxygens (including phenoxy) is 1. The number of para-hydroxylation sites is 1. The van der Waals surface area contributed by atoms with Crippen molar-refractivity contribution in [1.82, 2.24) is 4.72 Å². The molecular formula is C26H26N2O6S. The van der Waals surface area contributed by atoms with E-state index in [4.69, 9.17) is 9.15 Å². The molecule has 1 aliphatic rings. The number of anilines is 1. The van der Waals surface area contributed by atoms with Crippen molar-refractivity contribution in [3.63, 3.8) is 0 Å². The quantitative estimate of drug-likeness (QED) is 0.375. The van der Waals surface area contributed by atoms with E-state index in [1.807, 2.05) is 50.1 Å². The predicted molar refractivity (Wildman–Crippen MR) is 130 cm³/mol. The predicted octanol–water partition coefficient (Wildman–Crippen LogP) is 3.80. The fourth-order valence-electron chi connectivity index (χ4n) is 4.11. The second-order valence-corrected chi connectivity index (χ2v) is 10.5. The van der Waals surface area contributed by atoms with E-state index in [0.717, 1.165) is 16.9 Å². The minimum atomic E-state index is -3.79. The first-order valence-corrected chi connectivity index (χ1v) is 12.5. The van der Waals surface area contributed by atoms with E-state index in [0.29, 0.717) is 5.76 Å². The van der Waals surface area contributed by atoms with Gasteiger partial charge in [0.05, 0.1) is 23.3 Å². The summed E-state index contributed by atoms with van der Waals surface area (Å²) in [5.74, 6) is -0.585. The van der Waals surface area contributed by atoms with Crippen molar-refractivity contribution in [3.8, 4) is 0 Å². The number of hydrogen-bond donors (Lipinski definition) is 1. The highest BCUT2D eigenvalue weighted by atomic mass is 32.2. The molecule has 0 saturated carbocycles. The van der Waals surface area contributed by atoms with Crippen LogP contribution in [0.15, 0.2) is 88.0 Å². The molecular weight excluding hydrogens is 468 g/mol. The molecule has 0 saturated heterocycles. The number of fused-ring (bicyclic) bond motifs is 1. The third-order valence-corrected chi connectivity index (χ3v) is 7.42. The molecule has 8 nitrogen and oxygen atoms in total. The highest BCUT2D eigenvalue weighted by molar-refractivity contribution is 7.89. The normalized spacial score (nSPS) is 15.7. The third-order valence-electron chi connectivity index (χ3n) is 6.00. The number of nitrogens with one attached hydrogen (secondary N) is 1. The Kier molecular flexibility index (Phi) is 6.64. The van der Waals surface area contributed by atoms with E-state index in [-0.39, 0.29) is 28.2 Å². The van der Waals surface area contributed by atoms with Crippen LogP contribution in [0.1, 0.15) is 35.5 Å². The molecule has 0 unspecified atom stereocenters. The molecule has 1 aliphatic heterocycles. The highest BCUT2D eigenvalue weighted by Crippen LogP contribution is 2.46. The van der Waals surface area contributed by atoms with Gasteiger partial charge in [-0.25, -0.2) is 17.9 Å². The van der Waals surface area contributed by atoms with Crippen molar-refractivity contribution in [2.75, 3.05) is 18.6 Å². The van der Waals surface area contributed by atoms with Crippen LogP contribution in [-0.2, 0) is 31.5 Å². The fourth-order valence-corrected chi connectivity index (χ4v) is 5.10. The van der Waals surface area contributed by atoms with Crippen LogP contribution in [0.3, 0.4) is 0 Å². The van der Waals surface area contributed by atoms with E-state index >= 15 is 0 Å². The van der Waals surface area contributed by atoms with E-state index < -0.39 is 22.6 Å². The van der Waals surface area contributed by atoms with Crippen LogP contribution < -0.4 is 9.62 Å². The Morgan fingerprint density at radius 3 is 2.43 bits per heavy atom. The van der Waals surface area contributed by atoms with Gasteiger partial charge in [-0.1, -0.05) is 32.0 Å². The molecule has 0 fully saturated rings. The largest absolute Gasteiger partial charge is 0.468 e. The van der Waals surface area contributed by atoms with Gasteiger partial charge in [0, 0.05) is 29.9 Å². The minimum absolute atomic E-state index is 0.00696. The van der Waals surface area contributed by atoms with Gasteiger partial charge in [0.25, 0.3) is 0 Å². The minimum Gasteiger partial charge on any atom is -0.468 e. The van der Waals surface area contributed by atoms with Crippen LogP contribution in [-0.4, -0.2) is 33.8 Å². The van der Waals surface area contributed by atoms with E-state index in [1.54, 1.807) is 12.1 Å². The lowest BCUT2D eigenvalue weighted by Crippen LogP contribution is -2.25. The average molecular weight is 495 g/mol. The molecule has 1 N–H and O–H groups in total. The van der Waals surface area contributed by atoms with Crippen LogP contribution in [0.25, 0.3) is 0 Å². The van der Waals surface area contributed by atoms with Crippen molar-refractivity contribution >= 4 is 27.5 Å². The fraction of sp³-hybridized carbons (Fsp3) is 0.231. The molecule has 0 spiro atoms. The number of esters is 1. The number of benzene rings is 2. The first kappa shape index (κ1) is 24.4. The van der Waals surface area contributed by atoms with Gasteiger partial charge < -0.3 is 14.1 Å². The first-order valence-electron chi connectivity index (χ1n) is 11.0. The number of sulfonamides is 1. The monoisotopic (exact) mass is 494 g/mol. The molecule has 0 amide bonds. The molecule has 3 aromatic rings. The summed E-state index contributed by atoms with van der Waals surface area (Å²) < 4.78 is 37.6. The van der Waals surface area contributed by atoms with Crippen molar-refractivity contribution < 1.29 is 27.2 Å². The van der Waals surface area contributed by atoms with Crippen LogP contribution in [0, 0.1) is 0 Å². The first-order chi connectivity index (χ1) is 16.6. The summed E-state index contributed by atoms with van der Waals surface area (Å²) in [5, 5.41) is 0. The van der Waals surface area contributed by atoms with Gasteiger partial charge >= 0.3 is 5.97 Å². The maximum absolute atomic E-state index is 12.6. The zero-order chi connectivity index (χ0) is 25.2. The van der Waals surface area contributed by atoms with Gasteiger partial charge in [-0.15, -0.1) is 0 Å². The molecule has 0 bridgehead atoms. The lowest BCUT2D eigenvalue weighted by Gasteiger charge is -2.23. The Balaban J connectivity index is 1.37. The summed E-state index contributed by atoms with van der Waals surface area (Å²) in [7, 11) is -1.89. The van der Waals surface area contributed by atoms with Gasteiger partial charge in [0.15, 0.2) is 12.4 Å². The van der Waals surface area contributed by atoms with Gasteiger partial charge in [0.1, 0.15) is 5.76 Å². The molecule has 9 heteroatoms. The Hall–Kier alpha value is -3.69. The summed E-state index contributed by atoms with van der Waals surface area (Å²) in [6.45, 7) is 3.67. The topological polar surface area (TPSA) is 106 Å². The number of allylic oxidation sites excluding steroid dienone is 1. The summed E-state index contributed by atoms with van der Waals surface area (Å²) in [6, 6.07) is 16.6. The van der Waals surface area contributed by atoms with Crippen molar-refractivity contribution in [1.29, 1.82) is 0 Å². The summed E-state index contributed by atoms with van der Waals surface area (Å²) >= 11 is 0. The van der Waals surface area contributed by atoms with Crippen molar-refractivity contribution in [2.24, 2.45) is 0 Å². The van der Waals surface area contributed by atoms with Crippen molar-refractivity contribution in [3.05, 3.63) is 95.6 Å². The maximum atomic E-state index is 12.6. The summed E-state index contributed by atoms with van der Waals surface area (Å²) in [5.41, 5.74) is 2.74. The molecule has 0 atom stereocenters. The van der Waals surface area contributed by atoms with E-state index in [2.05, 4.69) is 4.72 Å². The van der Waals surface area contributed by atoms with Gasteiger partial charge in [0.2, 0.25) is 10.0 Å². The number of carbonyl (C=O) groups excluding carboxylic acids is 2. The number of likely N-dealkylation sites (N-methyl/N-ethyl adjacent to an activating group) is 1. The van der Waals surface area contributed by atoms with Gasteiger partial charge in [-0.3, -0.25) is 4.79 Å². The molecule has 0 aliphatic carbocycles. The smallest absolute Gasteiger partial charge is 0.338 e. The summed E-state index contributed by atoms with van der Waals surface area (Å²) in [6.07, 6.45) is 2.96. The molecule has 4 rings (SSSR count). The van der Waals surface area contributed by atoms with Gasteiger partial charge in [-0.05, 0) is 48.0 Å². The zero-order valence-electron chi connectivity index (χ0n) is 19.6. The number of rotatable bonds is 8. The van der Waals surface area contributed by atoms with Gasteiger partial charge in [-0.2, -0.15) is 0 Å². The van der Waals surface area contributed by atoms with Crippen molar-refractivity contribution in [2.45, 2.75) is 30.7 Å².